The molecule has 0 heterocycles. The summed E-state index contributed by atoms with van der Waals surface area (Å²) in [5.41, 5.74) is 1.22. The van der Waals surface area contributed by atoms with Gasteiger partial charge in [0.1, 0.15) is 5.75 Å². The number of anilines is 1. The summed E-state index contributed by atoms with van der Waals surface area (Å²) in [6, 6.07) is 12.0. The van der Waals surface area contributed by atoms with Gasteiger partial charge >= 0.3 is 0 Å². The zero-order chi connectivity index (χ0) is 21.4. The lowest BCUT2D eigenvalue weighted by atomic mass is 10.1. The van der Waals surface area contributed by atoms with E-state index in [4.69, 9.17) is 17.0 Å². The van der Waals surface area contributed by atoms with Crippen LogP contribution in [0.3, 0.4) is 0 Å². The molecule has 0 aliphatic rings. The van der Waals surface area contributed by atoms with Crippen molar-refractivity contribution in [2.24, 2.45) is 0 Å². The highest BCUT2D eigenvalue weighted by Gasteiger charge is 2.17. The summed E-state index contributed by atoms with van der Waals surface area (Å²) >= 11 is 8.63. The van der Waals surface area contributed by atoms with Crippen LogP contribution in [0.2, 0.25) is 0 Å². The van der Waals surface area contributed by atoms with E-state index in [0.717, 1.165) is 4.47 Å². The van der Waals surface area contributed by atoms with E-state index < -0.39 is 5.91 Å². The molecule has 0 bridgehead atoms. The van der Waals surface area contributed by atoms with Crippen LogP contribution in [-0.4, -0.2) is 29.6 Å². The Morgan fingerprint density at radius 3 is 2.59 bits per heavy atom. The van der Waals surface area contributed by atoms with Crippen molar-refractivity contribution in [1.82, 2.24) is 10.6 Å². The maximum absolute atomic E-state index is 12.7. The fourth-order valence-corrected chi connectivity index (χ4v) is 2.97. The summed E-state index contributed by atoms with van der Waals surface area (Å²) in [6.07, 6.45) is 1.50. The molecule has 2 aromatic carbocycles. The van der Waals surface area contributed by atoms with Crippen LogP contribution in [0.15, 0.2) is 59.6 Å². The van der Waals surface area contributed by atoms with Crippen molar-refractivity contribution >= 4 is 50.8 Å². The first-order valence-corrected chi connectivity index (χ1v) is 10.1. The first-order chi connectivity index (χ1) is 13.8. The van der Waals surface area contributed by atoms with Crippen molar-refractivity contribution in [1.29, 1.82) is 0 Å². The number of amides is 2. The zero-order valence-corrected chi connectivity index (χ0v) is 18.5. The number of rotatable bonds is 7. The van der Waals surface area contributed by atoms with Gasteiger partial charge in [0.25, 0.3) is 11.8 Å². The monoisotopic (exact) mass is 475 g/mol. The Labute approximate surface area is 183 Å². The van der Waals surface area contributed by atoms with Crippen LogP contribution in [-0.2, 0) is 0 Å². The molecule has 3 N–H and O–H groups in total. The molecule has 0 atom stereocenters. The van der Waals surface area contributed by atoms with Crippen molar-refractivity contribution in [3.63, 3.8) is 0 Å². The van der Waals surface area contributed by atoms with Gasteiger partial charge < -0.3 is 15.4 Å². The number of carbonyl (C=O) groups excluding carboxylic acids is 2. The van der Waals surface area contributed by atoms with Crippen molar-refractivity contribution in [2.45, 2.75) is 20.0 Å². The third kappa shape index (κ3) is 6.69. The van der Waals surface area contributed by atoms with Gasteiger partial charge in [-0.2, -0.15) is 0 Å². The molecule has 2 amide bonds. The second kappa shape index (κ2) is 10.7. The molecular formula is C21H22BrN3O3S. The van der Waals surface area contributed by atoms with Crippen molar-refractivity contribution in [3.8, 4) is 5.75 Å². The topological polar surface area (TPSA) is 79.5 Å². The molecule has 2 rings (SSSR count). The van der Waals surface area contributed by atoms with Crippen LogP contribution in [0.1, 0.15) is 34.6 Å². The minimum atomic E-state index is -0.423. The van der Waals surface area contributed by atoms with Gasteiger partial charge in [-0.05, 0) is 56.4 Å². The molecular weight excluding hydrogens is 454 g/mol. The first kappa shape index (κ1) is 22.6. The predicted molar refractivity (Wildman–Crippen MR) is 123 cm³/mol. The van der Waals surface area contributed by atoms with E-state index in [-0.39, 0.29) is 17.1 Å². The Balaban J connectivity index is 2.14. The average molecular weight is 476 g/mol. The maximum atomic E-state index is 12.7. The van der Waals surface area contributed by atoms with Gasteiger partial charge in [0.05, 0.1) is 22.9 Å². The second-order valence-corrected chi connectivity index (χ2v) is 7.58. The number of thiocarbonyl (C=S) groups is 1. The van der Waals surface area contributed by atoms with E-state index in [1.54, 1.807) is 48.5 Å². The van der Waals surface area contributed by atoms with E-state index in [1.165, 1.54) is 0 Å². The van der Waals surface area contributed by atoms with Crippen molar-refractivity contribution in [2.75, 3.05) is 11.9 Å². The number of para-hydroxylation sites is 1. The summed E-state index contributed by atoms with van der Waals surface area (Å²) in [5, 5.41) is 8.31. The Hall–Kier alpha value is -2.71. The molecule has 152 valence electrons. The number of nitrogens with one attached hydrogen (secondary N) is 3. The van der Waals surface area contributed by atoms with Gasteiger partial charge in [0.2, 0.25) is 0 Å². The van der Waals surface area contributed by atoms with E-state index in [0.29, 0.717) is 29.1 Å². The molecule has 0 aliphatic heterocycles. The minimum absolute atomic E-state index is 0.0643. The molecule has 0 radical (unpaired) electrons. The Kier molecular flexibility index (Phi) is 8.35. The smallest absolute Gasteiger partial charge is 0.261 e. The summed E-state index contributed by atoms with van der Waals surface area (Å²) < 4.78 is 6.44. The highest BCUT2D eigenvalue weighted by molar-refractivity contribution is 9.10. The van der Waals surface area contributed by atoms with Crippen LogP contribution >= 0.6 is 28.1 Å². The lowest BCUT2D eigenvalue weighted by Gasteiger charge is -2.16. The standard InChI is InChI=1S/C21H22BrN3O3S/c1-4-11-23-19(26)15-7-5-6-8-17(15)24-21(29)25-20(27)16-12-14(22)9-10-18(16)28-13(2)3/h4-10,12-13H,1,11H2,2-3H3,(H,23,26)(H2,24,25,27,29). The van der Waals surface area contributed by atoms with Gasteiger partial charge in [-0.1, -0.05) is 34.1 Å². The number of benzene rings is 2. The number of hydrogen-bond donors (Lipinski definition) is 3. The lowest BCUT2D eigenvalue weighted by molar-refractivity contribution is 0.0955. The van der Waals surface area contributed by atoms with Crippen molar-refractivity contribution in [3.05, 3.63) is 70.7 Å². The largest absolute Gasteiger partial charge is 0.490 e. The minimum Gasteiger partial charge on any atom is -0.490 e. The highest BCUT2D eigenvalue weighted by atomic mass is 79.9. The van der Waals surface area contributed by atoms with Crippen molar-refractivity contribution < 1.29 is 14.3 Å². The van der Waals surface area contributed by atoms with E-state index in [2.05, 4.69) is 38.5 Å². The fourth-order valence-electron chi connectivity index (χ4n) is 2.41. The van der Waals surface area contributed by atoms with Crippen LogP contribution in [0, 0.1) is 0 Å². The van der Waals surface area contributed by atoms with Crippen LogP contribution in [0.25, 0.3) is 0 Å². The van der Waals surface area contributed by atoms with Gasteiger partial charge in [0, 0.05) is 11.0 Å². The van der Waals surface area contributed by atoms with Gasteiger partial charge in [-0.25, -0.2) is 0 Å². The van der Waals surface area contributed by atoms with E-state index >= 15 is 0 Å². The molecule has 29 heavy (non-hydrogen) atoms. The molecule has 8 heteroatoms. The summed E-state index contributed by atoms with van der Waals surface area (Å²) in [4.78, 5) is 25.0. The summed E-state index contributed by atoms with van der Waals surface area (Å²) in [5.74, 6) is -0.248. The summed E-state index contributed by atoms with van der Waals surface area (Å²) in [7, 11) is 0. The van der Waals surface area contributed by atoms with Crippen LogP contribution in [0.5, 0.6) is 5.75 Å². The molecule has 0 aromatic heterocycles. The maximum Gasteiger partial charge on any atom is 0.261 e. The Morgan fingerprint density at radius 2 is 1.90 bits per heavy atom. The Bertz CT molecular complexity index is 931. The second-order valence-electron chi connectivity index (χ2n) is 6.26. The Morgan fingerprint density at radius 1 is 1.17 bits per heavy atom. The average Bonchev–Trinajstić information content (AvgIpc) is 2.67. The normalized spacial score (nSPS) is 10.2. The molecule has 0 saturated heterocycles. The SMILES string of the molecule is C=CCNC(=O)c1ccccc1NC(=S)NC(=O)c1cc(Br)ccc1OC(C)C. The van der Waals surface area contributed by atoms with Crippen LogP contribution < -0.4 is 20.7 Å². The molecule has 0 fully saturated rings. The molecule has 2 aromatic rings. The third-order valence-corrected chi connectivity index (χ3v) is 4.30. The van der Waals surface area contributed by atoms with E-state index in [9.17, 15) is 9.59 Å². The van der Waals surface area contributed by atoms with E-state index in [1.807, 2.05) is 13.8 Å². The summed E-state index contributed by atoms with van der Waals surface area (Å²) in [6.45, 7) is 7.68. The van der Waals surface area contributed by atoms with Gasteiger partial charge in [0.15, 0.2) is 5.11 Å². The zero-order valence-electron chi connectivity index (χ0n) is 16.1. The number of hydrogen-bond acceptors (Lipinski definition) is 4. The molecule has 0 spiro atoms. The first-order valence-electron chi connectivity index (χ1n) is 8.88. The molecule has 0 saturated carbocycles. The lowest BCUT2D eigenvalue weighted by Crippen LogP contribution is -2.35. The highest BCUT2D eigenvalue weighted by Crippen LogP contribution is 2.24. The quantitative estimate of drug-likeness (QED) is 0.411. The number of carbonyl (C=O) groups is 2. The fraction of sp³-hybridized carbons (Fsp3) is 0.190. The molecule has 0 unspecified atom stereocenters. The molecule has 6 nitrogen and oxygen atoms in total. The predicted octanol–water partition coefficient (Wildman–Crippen LogP) is 4.28. The number of ether oxygens (including phenoxy) is 1. The van der Waals surface area contributed by atoms with Crippen LogP contribution in [0.4, 0.5) is 5.69 Å². The van der Waals surface area contributed by atoms with Gasteiger partial charge in [-0.15, -0.1) is 6.58 Å². The molecule has 0 aliphatic carbocycles. The third-order valence-electron chi connectivity index (χ3n) is 3.60. The number of halogens is 1. The van der Waals surface area contributed by atoms with Gasteiger partial charge in [-0.3, -0.25) is 14.9 Å².